The zero-order valence-electron chi connectivity index (χ0n) is 10.3. The molecule has 0 atom stereocenters. The summed E-state index contributed by atoms with van der Waals surface area (Å²) in [5, 5.41) is 10.3. The van der Waals surface area contributed by atoms with Crippen molar-refractivity contribution in [2.45, 2.75) is 5.92 Å². The predicted octanol–water partition coefficient (Wildman–Crippen LogP) is 1.58. The molecule has 20 heavy (non-hydrogen) atoms. The lowest BCUT2D eigenvalue weighted by molar-refractivity contribution is -0.119. The largest absolute Gasteiger partial charge is 0.437 e. The number of halogens is 2. The van der Waals surface area contributed by atoms with Gasteiger partial charge in [0, 0.05) is 12.2 Å². The smallest absolute Gasteiger partial charge is 0.287 e. The Morgan fingerprint density at radius 3 is 2.90 bits per heavy atom. The van der Waals surface area contributed by atoms with E-state index in [9.17, 15) is 13.6 Å². The Hall–Kier alpha value is -2.28. The molecule has 0 bridgehead atoms. The van der Waals surface area contributed by atoms with Crippen LogP contribution in [0.25, 0.3) is 17.2 Å². The molecule has 0 aliphatic carbocycles. The van der Waals surface area contributed by atoms with Gasteiger partial charge in [-0.2, -0.15) is 0 Å². The normalized spacial score (nSPS) is 12.2. The molecule has 2 aromatic rings. The first-order chi connectivity index (χ1) is 9.50. The summed E-state index contributed by atoms with van der Waals surface area (Å²) in [5.41, 5.74) is 1.21. The molecule has 2 rings (SSSR count). The molecule has 0 aliphatic rings. The van der Waals surface area contributed by atoms with Crippen molar-refractivity contribution < 1.29 is 23.1 Å². The number of nitrogens with zero attached hydrogens (tertiary/aromatic N) is 1. The number of aliphatic hydroxyl groups is 1. The van der Waals surface area contributed by atoms with Gasteiger partial charge in [0.05, 0.1) is 6.54 Å². The van der Waals surface area contributed by atoms with Crippen molar-refractivity contribution in [3.63, 3.8) is 0 Å². The van der Waals surface area contributed by atoms with Crippen LogP contribution in [0.5, 0.6) is 0 Å². The van der Waals surface area contributed by atoms with E-state index in [1.165, 1.54) is 6.08 Å². The fourth-order valence-corrected chi connectivity index (χ4v) is 1.44. The lowest BCUT2D eigenvalue weighted by atomic mass is 10.3. The topological polar surface area (TPSA) is 75.4 Å². The highest BCUT2D eigenvalue weighted by atomic mass is 19.3. The Balaban J connectivity index is 1.96. The number of amides is 1. The van der Waals surface area contributed by atoms with Gasteiger partial charge >= 0.3 is 0 Å². The van der Waals surface area contributed by atoms with E-state index in [0.29, 0.717) is 11.1 Å². The molecule has 1 heterocycles. The first-order valence-electron chi connectivity index (χ1n) is 5.80. The number of para-hydroxylation sites is 2. The van der Waals surface area contributed by atoms with Crippen molar-refractivity contribution in [3.8, 4) is 0 Å². The summed E-state index contributed by atoms with van der Waals surface area (Å²) in [7, 11) is 0. The van der Waals surface area contributed by atoms with Crippen molar-refractivity contribution in [2.75, 3.05) is 13.2 Å². The minimum Gasteiger partial charge on any atom is -0.437 e. The molecular weight excluding hydrogens is 270 g/mol. The molecule has 1 aromatic heterocycles. The van der Waals surface area contributed by atoms with Gasteiger partial charge in [-0.25, -0.2) is 13.8 Å². The van der Waals surface area contributed by atoms with E-state index in [1.807, 2.05) is 5.32 Å². The van der Waals surface area contributed by atoms with Crippen LogP contribution in [0.1, 0.15) is 5.89 Å². The molecule has 5 nitrogen and oxygen atoms in total. The predicted molar refractivity (Wildman–Crippen MR) is 68.1 cm³/mol. The van der Waals surface area contributed by atoms with Crippen molar-refractivity contribution >= 4 is 23.1 Å². The van der Waals surface area contributed by atoms with Crippen molar-refractivity contribution in [2.24, 2.45) is 0 Å². The number of hydrogen-bond donors (Lipinski definition) is 2. The van der Waals surface area contributed by atoms with E-state index in [2.05, 4.69) is 4.98 Å². The van der Waals surface area contributed by atoms with Crippen LogP contribution in [0.2, 0.25) is 0 Å². The number of rotatable bonds is 5. The van der Waals surface area contributed by atoms with Crippen molar-refractivity contribution in [3.05, 3.63) is 36.2 Å². The van der Waals surface area contributed by atoms with Crippen LogP contribution >= 0.6 is 0 Å². The fraction of sp³-hybridized carbons (Fsp3) is 0.231. The van der Waals surface area contributed by atoms with Crippen LogP contribution in [0.3, 0.4) is 0 Å². The summed E-state index contributed by atoms with van der Waals surface area (Å²) in [6, 6.07) is 7.05. The first kappa shape index (κ1) is 14.1. The summed E-state index contributed by atoms with van der Waals surface area (Å²) in [4.78, 5) is 15.4. The third-order valence-corrected chi connectivity index (χ3v) is 2.44. The molecule has 0 unspecified atom stereocenters. The quantitative estimate of drug-likeness (QED) is 0.816. The number of oxazole rings is 1. The lowest BCUT2D eigenvalue weighted by Crippen LogP contribution is -2.38. The molecule has 0 fully saturated rings. The van der Waals surface area contributed by atoms with E-state index in [1.54, 1.807) is 24.3 Å². The van der Waals surface area contributed by atoms with Gasteiger partial charge in [-0.3, -0.25) is 4.79 Å². The average Bonchev–Trinajstić information content (AvgIpc) is 2.86. The summed E-state index contributed by atoms with van der Waals surface area (Å²) in [5.74, 6) is -3.85. The van der Waals surface area contributed by atoms with Crippen LogP contribution in [0, 0.1) is 0 Å². The molecule has 1 aromatic carbocycles. The molecule has 1 amide bonds. The zero-order chi connectivity index (χ0) is 14.6. The maximum atomic E-state index is 12.7. The van der Waals surface area contributed by atoms with E-state index in [4.69, 9.17) is 9.52 Å². The summed E-state index contributed by atoms with van der Waals surface area (Å²) in [6.45, 7) is -2.25. The first-order valence-corrected chi connectivity index (χ1v) is 5.80. The van der Waals surface area contributed by atoms with Crippen molar-refractivity contribution in [1.29, 1.82) is 0 Å². The summed E-state index contributed by atoms with van der Waals surface area (Å²) < 4.78 is 30.7. The maximum Gasteiger partial charge on any atom is 0.287 e. The highest BCUT2D eigenvalue weighted by Crippen LogP contribution is 2.15. The van der Waals surface area contributed by atoms with Gasteiger partial charge in [0.1, 0.15) is 12.1 Å². The standard InChI is InChI=1S/C13H12F2N2O3/c14-13(15,8-18)7-16-11(19)5-6-12-17-9-3-1-2-4-10(9)20-12/h1-6,18H,7-8H2,(H,16,19)/b6-5+. The monoisotopic (exact) mass is 282 g/mol. The Labute approximate surface area is 112 Å². The fourth-order valence-electron chi connectivity index (χ4n) is 1.44. The summed E-state index contributed by atoms with van der Waals surface area (Å²) in [6.07, 6.45) is 2.32. The minimum absolute atomic E-state index is 0.204. The number of nitrogens with one attached hydrogen (secondary N) is 1. The second-order valence-corrected chi connectivity index (χ2v) is 4.09. The van der Waals surface area contributed by atoms with E-state index in [0.717, 1.165) is 6.08 Å². The number of aromatic nitrogens is 1. The summed E-state index contributed by atoms with van der Waals surface area (Å²) >= 11 is 0. The number of fused-ring (bicyclic) bond motifs is 1. The number of hydrogen-bond acceptors (Lipinski definition) is 4. The molecule has 2 N–H and O–H groups in total. The van der Waals surface area contributed by atoms with Gasteiger partial charge in [0.25, 0.3) is 5.92 Å². The average molecular weight is 282 g/mol. The van der Waals surface area contributed by atoms with Gasteiger partial charge < -0.3 is 14.8 Å². The number of benzene rings is 1. The minimum atomic E-state index is -3.33. The highest BCUT2D eigenvalue weighted by Gasteiger charge is 2.27. The molecule has 0 radical (unpaired) electrons. The Morgan fingerprint density at radius 2 is 2.20 bits per heavy atom. The number of carbonyl (C=O) groups excluding carboxylic acids is 1. The third-order valence-electron chi connectivity index (χ3n) is 2.44. The molecule has 0 aliphatic heterocycles. The maximum absolute atomic E-state index is 12.7. The van der Waals surface area contributed by atoms with Gasteiger partial charge in [-0.15, -0.1) is 0 Å². The van der Waals surface area contributed by atoms with Gasteiger partial charge in [0.15, 0.2) is 5.58 Å². The van der Waals surface area contributed by atoms with E-state index < -0.39 is 25.0 Å². The van der Waals surface area contributed by atoms with Gasteiger partial charge in [-0.05, 0) is 12.1 Å². The van der Waals surface area contributed by atoms with Crippen LogP contribution in [-0.4, -0.2) is 35.1 Å². The van der Waals surface area contributed by atoms with Crippen LogP contribution < -0.4 is 5.32 Å². The van der Waals surface area contributed by atoms with Crippen LogP contribution in [0.15, 0.2) is 34.8 Å². The third kappa shape index (κ3) is 3.61. The molecule has 7 heteroatoms. The molecule has 0 saturated heterocycles. The van der Waals surface area contributed by atoms with Gasteiger partial charge in [-0.1, -0.05) is 12.1 Å². The lowest BCUT2D eigenvalue weighted by Gasteiger charge is -2.12. The Bertz CT molecular complexity index is 604. The Morgan fingerprint density at radius 1 is 1.45 bits per heavy atom. The Kier molecular flexibility index (Phi) is 4.09. The number of carbonyl (C=O) groups is 1. The second-order valence-electron chi connectivity index (χ2n) is 4.09. The molecule has 106 valence electrons. The zero-order valence-corrected chi connectivity index (χ0v) is 10.3. The highest BCUT2D eigenvalue weighted by molar-refractivity contribution is 5.91. The van der Waals surface area contributed by atoms with Crippen LogP contribution in [-0.2, 0) is 4.79 Å². The number of aliphatic hydroxyl groups excluding tert-OH is 1. The van der Waals surface area contributed by atoms with E-state index >= 15 is 0 Å². The van der Waals surface area contributed by atoms with Crippen molar-refractivity contribution in [1.82, 2.24) is 10.3 Å². The van der Waals surface area contributed by atoms with Crippen LogP contribution in [0.4, 0.5) is 8.78 Å². The second kappa shape index (κ2) is 5.79. The van der Waals surface area contributed by atoms with Gasteiger partial charge in [0.2, 0.25) is 11.8 Å². The SMILES string of the molecule is O=C(/C=C/c1nc2ccccc2o1)NCC(F)(F)CO. The molecule has 0 spiro atoms. The van der Waals surface area contributed by atoms with E-state index in [-0.39, 0.29) is 5.89 Å². The number of alkyl halides is 2. The molecule has 0 saturated carbocycles. The molecular formula is C13H12F2N2O3.